The van der Waals surface area contributed by atoms with Gasteiger partial charge in [0.25, 0.3) is 0 Å². The molecule has 3 rings (SSSR count). The van der Waals surface area contributed by atoms with Crippen LogP contribution in [-0.2, 0) is 19.6 Å². The van der Waals surface area contributed by atoms with Gasteiger partial charge in [-0.05, 0) is 44.2 Å². The molecule has 0 aliphatic carbocycles. The van der Waals surface area contributed by atoms with Gasteiger partial charge in [0.15, 0.2) is 5.96 Å². The Hall–Kier alpha value is -1.34. The van der Waals surface area contributed by atoms with Crippen LogP contribution in [-0.4, -0.2) is 64.7 Å². The molecule has 1 unspecified atom stereocenters. The van der Waals surface area contributed by atoms with Crippen molar-refractivity contribution in [3.63, 3.8) is 0 Å². The molecule has 0 aromatic heterocycles. The van der Waals surface area contributed by atoms with Gasteiger partial charge in [-0.15, -0.1) is 0 Å². The van der Waals surface area contributed by atoms with Gasteiger partial charge in [0.05, 0.1) is 19.3 Å². The van der Waals surface area contributed by atoms with Crippen molar-refractivity contribution in [1.82, 2.24) is 10.6 Å². The molecule has 6 nitrogen and oxygen atoms in total. The maximum atomic E-state index is 6.55. The van der Waals surface area contributed by atoms with Gasteiger partial charge in [0, 0.05) is 50.0 Å². The number of hydrogen-bond donors (Lipinski definition) is 2. The molecule has 7 heteroatoms. The molecular weight excluding hydrogens is 390 g/mol. The van der Waals surface area contributed by atoms with Crippen molar-refractivity contribution in [2.24, 2.45) is 4.99 Å². The van der Waals surface area contributed by atoms with Crippen molar-refractivity contribution in [3.05, 3.63) is 34.9 Å². The summed E-state index contributed by atoms with van der Waals surface area (Å²) in [6.07, 6.45) is 4.06. The Labute approximate surface area is 179 Å². The van der Waals surface area contributed by atoms with Crippen LogP contribution in [0.15, 0.2) is 29.3 Å². The number of nitrogens with one attached hydrogen (secondary N) is 2. The first kappa shape index (κ1) is 22.3. The van der Waals surface area contributed by atoms with Crippen molar-refractivity contribution in [2.75, 3.05) is 52.7 Å². The van der Waals surface area contributed by atoms with E-state index < -0.39 is 0 Å². The molecule has 2 N–H and O–H groups in total. The average Bonchev–Trinajstić information content (AvgIpc) is 3.26. The highest BCUT2D eigenvalue weighted by molar-refractivity contribution is 6.31. The highest BCUT2D eigenvalue weighted by Gasteiger charge is 2.36. The predicted octanol–water partition coefficient (Wildman–Crippen LogP) is 3.14. The summed E-state index contributed by atoms with van der Waals surface area (Å²) in [4.78, 5) is 4.92. The minimum Gasteiger partial charge on any atom is -0.381 e. The summed E-state index contributed by atoms with van der Waals surface area (Å²) in [7, 11) is 0. The van der Waals surface area contributed by atoms with Crippen LogP contribution in [0, 0.1) is 0 Å². The largest absolute Gasteiger partial charge is 0.381 e. The number of rotatable bonds is 9. The Morgan fingerprint density at radius 3 is 2.76 bits per heavy atom. The van der Waals surface area contributed by atoms with E-state index >= 15 is 0 Å². The van der Waals surface area contributed by atoms with E-state index in [-0.39, 0.29) is 11.5 Å². The highest BCUT2D eigenvalue weighted by Crippen LogP contribution is 2.38. The van der Waals surface area contributed by atoms with Crippen LogP contribution in [0.4, 0.5) is 0 Å². The third kappa shape index (κ3) is 6.57. The summed E-state index contributed by atoms with van der Waals surface area (Å²) in [5.41, 5.74) is 1.10. The van der Waals surface area contributed by atoms with Crippen molar-refractivity contribution in [3.8, 4) is 0 Å². The van der Waals surface area contributed by atoms with E-state index in [1.807, 2.05) is 12.1 Å². The van der Waals surface area contributed by atoms with Crippen molar-refractivity contribution < 1.29 is 14.2 Å². The van der Waals surface area contributed by atoms with Crippen LogP contribution in [0.3, 0.4) is 0 Å². The smallest absolute Gasteiger partial charge is 0.191 e. The summed E-state index contributed by atoms with van der Waals surface area (Å²) >= 11 is 6.55. The average molecular weight is 424 g/mol. The fourth-order valence-electron chi connectivity index (χ4n) is 3.91. The lowest BCUT2D eigenvalue weighted by Crippen LogP contribution is -2.41. The van der Waals surface area contributed by atoms with Gasteiger partial charge in [-0.2, -0.15) is 0 Å². The van der Waals surface area contributed by atoms with Crippen molar-refractivity contribution in [2.45, 2.75) is 44.1 Å². The van der Waals surface area contributed by atoms with E-state index in [2.05, 4.69) is 29.7 Å². The molecule has 1 aromatic carbocycles. The monoisotopic (exact) mass is 423 g/mol. The lowest BCUT2D eigenvalue weighted by molar-refractivity contribution is 0.0419. The number of benzene rings is 1. The van der Waals surface area contributed by atoms with E-state index in [0.717, 1.165) is 82.8 Å². The normalized spacial score (nSPS) is 21.9. The third-order valence-corrected chi connectivity index (χ3v) is 5.96. The van der Waals surface area contributed by atoms with Gasteiger partial charge >= 0.3 is 0 Å². The standard InChI is InChI=1S/C22H34ClN3O3/c1-2-24-21(25-11-5-12-29-18-8-13-28-16-18)26-17-22(9-14-27-15-10-22)19-6-3-4-7-20(19)23/h3-4,6-7,18H,2,5,8-17H2,1H3,(H2,24,25,26). The molecule has 2 aliphatic rings. The van der Waals surface area contributed by atoms with E-state index in [1.165, 1.54) is 5.56 Å². The van der Waals surface area contributed by atoms with Crippen LogP contribution in [0.2, 0.25) is 5.02 Å². The number of halogens is 1. The molecule has 0 saturated carbocycles. The van der Waals surface area contributed by atoms with Gasteiger partial charge in [-0.3, -0.25) is 4.99 Å². The molecule has 0 amide bonds. The Morgan fingerprint density at radius 1 is 1.21 bits per heavy atom. The van der Waals surface area contributed by atoms with E-state index in [0.29, 0.717) is 6.54 Å². The number of nitrogens with zero attached hydrogens (tertiary/aromatic N) is 1. The van der Waals surface area contributed by atoms with E-state index in [4.69, 9.17) is 30.8 Å². The predicted molar refractivity (Wildman–Crippen MR) is 117 cm³/mol. The first-order valence-electron chi connectivity index (χ1n) is 10.8. The minimum absolute atomic E-state index is 0.0788. The van der Waals surface area contributed by atoms with Crippen molar-refractivity contribution in [1.29, 1.82) is 0 Å². The summed E-state index contributed by atoms with van der Waals surface area (Å²) < 4.78 is 16.8. The van der Waals surface area contributed by atoms with Gasteiger partial charge < -0.3 is 24.8 Å². The molecule has 0 bridgehead atoms. The number of aliphatic imine (C=N–C) groups is 1. The molecule has 2 fully saturated rings. The van der Waals surface area contributed by atoms with Crippen LogP contribution in [0.25, 0.3) is 0 Å². The molecule has 2 aliphatic heterocycles. The molecular formula is C22H34ClN3O3. The van der Waals surface area contributed by atoms with Crippen LogP contribution >= 0.6 is 11.6 Å². The zero-order valence-electron chi connectivity index (χ0n) is 17.4. The second-order valence-electron chi connectivity index (χ2n) is 7.70. The lowest BCUT2D eigenvalue weighted by atomic mass is 9.74. The highest BCUT2D eigenvalue weighted by atomic mass is 35.5. The Morgan fingerprint density at radius 2 is 2.03 bits per heavy atom. The van der Waals surface area contributed by atoms with E-state index in [1.54, 1.807) is 0 Å². The molecule has 2 heterocycles. The molecule has 0 spiro atoms. The lowest BCUT2D eigenvalue weighted by Gasteiger charge is -2.37. The second kappa shape index (κ2) is 11.7. The quantitative estimate of drug-likeness (QED) is 0.363. The van der Waals surface area contributed by atoms with Crippen LogP contribution in [0.1, 0.15) is 38.2 Å². The van der Waals surface area contributed by atoms with Gasteiger partial charge in [0.2, 0.25) is 0 Å². The van der Waals surface area contributed by atoms with Crippen LogP contribution in [0.5, 0.6) is 0 Å². The van der Waals surface area contributed by atoms with E-state index in [9.17, 15) is 0 Å². The first-order valence-corrected chi connectivity index (χ1v) is 11.2. The Kier molecular flexibility index (Phi) is 9.05. The number of ether oxygens (including phenoxy) is 3. The zero-order chi connectivity index (χ0) is 20.4. The van der Waals surface area contributed by atoms with Crippen molar-refractivity contribution >= 4 is 17.6 Å². The fourth-order valence-corrected chi connectivity index (χ4v) is 4.25. The van der Waals surface area contributed by atoms with Gasteiger partial charge in [-0.1, -0.05) is 29.8 Å². The molecule has 1 atom stereocenters. The van der Waals surface area contributed by atoms with Crippen LogP contribution < -0.4 is 10.6 Å². The summed E-state index contributed by atoms with van der Waals surface area (Å²) in [5, 5.41) is 7.60. The summed E-state index contributed by atoms with van der Waals surface area (Å²) in [6, 6.07) is 8.14. The zero-order valence-corrected chi connectivity index (χ0v) is 18.2. The SMILES string of the molecule is CCNC(=NCC1(c2ccccc2Cl)CCOCC1)NCCCOC1CCOC1. The molecule has 29 heavy (non-hydrogen) atoms. The van der Waals surface area contributed by atoms with Gasteiger partial charge in [0.1, 0.15) is 0 Å². The molecule has 2 saturated heterocycles. The molecule has 1 aromatic rings. The van der Waals surface area contributed by atoms with Gasteiger partial charge in [-0.25, -0.2) is 0 Å². The number of guanidine groups is 1. The Balaban J connectivity index is 1.56. The maximum absolute atomic E-state index is 6.55. The fraction of sp³-hybridized carbons (Fsp3) is 0.682. The number of hydrogen-bond acceptors (Lipinski definition) is 4. The third-order valence-electron chi connectivity index (χ3n) is 5.63. The molecule has 0 radical (unpaired) electrons. The first-order chi connectivity index (χ1) is 14.2. The minimum atomic E-state index is -0.0788. The summed E-state index contributed by atoms with van der Waals surface area (Å²) in [5.74, 6) is 0.842. The second-order valence-corrected chi connectivity index (χ2v) is 8.11. The molecule has 162 valence electrons. The Bertz CT molecular complexity index is 644. The summed E-state index contributed by atoms with van der Waals surface area (Å²) in [6.45, 7) is 8.18. The topological polar surface area (TPSA) is 64.1 Å². The maximum Gasteiger partial charge on any atom is 0.191 e.